The Bertz CT molecular complexity index is 1360. The van der Waals surface area contributed by atoms with Gasteiger partial charge in [-0.2, -0.15) is 0 Å². The van der Waals surface area contributed by atoms with Crippen molar-refractivity contribution in [3.05, 3.63) is 34.0 Å². The molecule has 1 aromatic carbocycles. The second-order valence-corrected chi connectivity index (χ2v) is 19.1. The van der Waals surface area contributed by atoms with Gasteiger partial charge in [-0.1, -0.05) is 65.5 Å². The third-order valence-corrected chi connectivity index (χ3v) is 15.3. The Morgan fingerprint density at radius 3 is 2.40 bits per heavy atom. The van der Waals surface area contributed by atoms with Gasteiger partial charge in [0.2, 0.25) is 6.29 Å². The molecule has 9 heteroatoms. The lowest BCUT2D eigenvalue weighted by atomic mass is 9.47. The Hall–Kier alpha value is -0.310. The molecular weight excluding hydrogens is 933 g/mol. The van der Waals surface area contributed by atoms with Gasteiger partial charge in [0.1, 0.15) is 6.10 Å². The molecule has 0 amide bonds. The maximum absolute atomic E-state index is 12.9. The molecule has 0 spiro atoms. The lowest BCUT2D eigenvalue weighted by Crippen LogP contribution is -2.51. The van der Waals surface area contributed by atoms with Gasteiger partial charge in [-0.05, 0) is 165 Å². The van der Waals surface area contributed by atoms with Crippen molar-refractivity contribution in [2.45, 2.75) is 125 Å². The summed E-state index contributed by atoms with van der Waals surface area (Å²) in [6.07, 6.45) is 14.2. The van der Waals surface area contributed by atoms with E-state index in [1.165, 1.54) is 64.0 Å². The van der Waals surface area contributed by atoms with Crippen LogP contribution in [0.4, 0.5) is 4.79 Å². The number of hydrogen-bond donors (Lipinski definition) is 0. The fourth-order valence-corrected chi connectivity index (χ4v) is 14.3. The molecule has 4 unspecified atom stereocenters. The van der Waals surface area contributed by atoms with Crippen LogP contribution in [0.3, 0.4) is 0 Å². The zero-order valence-electron chi connectivity index (χ0n) is 29.1. The van der Waals surface area contributed by atoms with Crippen LogP contribution in [-0.2, 0) is 14.2 Å². The average molecular weight is 987 g/mol. The van der Waals surface area contributed by atoms with Gasteiger partial charge in [0.25, 0.3) is 0 Å². The van der Waals surface area contributed by atoms with Crippen molar-refractivity contribution < 1.29 is 28.5 Å². The number of esters is 1. The Morgan fingerprint density at radius 2 is 1.70 bits per heavy atom. The first kappa shape index (κ1) is 37.9. The van der Waals surface area contributed by atoms with Crippen molar-refractivity contribution >= 4 is 79.9 Å². The molecule has 1 aromatic rings. The fourth-order valence-electron chi connectivity index (χ4n) is 10.2. The number of benzene rings is 1. The molecule has 4 aliphatic rings. The highest BCUT2D eigenvalue weighted by molar-refractivity contribution is 14.1. The third-order valence-electron chi connectivity index (χ3n) is 12.6. The van der Waals surface area contributed by atoms with Crippen LogP contribution >= 0.6 is 67.8 Å². The second kappa shape index (κ2) is 15.5. The van der Waals surface area contributed by atoms with Gasteiger partial charge in [-0.3, -0.25) is 0 Å². The molecule has 262 valence electrons. The SMILES string of the molecule is COC(=O)c1c(I)cc(I)c(OC(C)OC(=O)O[C@H]2CC[C@@]3(C)C(=CCC4C3CC[C@@]3(C)C4CC[C@@H]3[C@H](C)CCCC(C)C)C2)c1I. The zero-order valence-corrected chi connectivity index (χ0v) is 35.6. The molecule has 0 aliphatic heterocycles. The highest BCUT2D eigenvalue weighted by Gasteiger charge is 2.59. The van der Waals surface area contributed by atoms with Crippen molar-refractivity contribution in [2.75, 3.05) is 7.11 Å². The summed E-state index contributed by atoms with van der Waals surface area (Å²) in [5.74, 6) is 4.89. The van der Waals surface area contributed by atoms with E-state index < -0.39 is 18.4 Å². The summed E-state index contributed by atoms with van der Waals surface area (Å²) < 4.78 is 24.7. The van der Waals surface area contributed by atoms with Crippen LogP contribution in [0.5, 0.6) is 5.75 Å². The first-order valence-corrected chi connectivity index (χ1v) is 20.9. The van der Waals surface area contributed by atoms with Crippen molar-refractivity contribution in [3.8, 4) is 5.75 Å². The van der Waals surface area contributed by atoms with E-state index in [0.717, 1.165) is 61.9 Å². The highest BCUT2D eigenvalue weighted by atomic mass is 127. The molecule has 47 heavy (non-hydrogen) atoms. The second-order valence-electron chi connectivity index (χ2n) is 15.7. The molecule has 0 radical (unpaired) electrons. The van der Waals surface area contributed by atoms with Gasteiger partial charge in [0, 0.05) is 16.9 Å². The molecule has 4 aliphatic carbocycles. The van der Waals surface area contributed by atoms with Crippen molar-refractivity contribution in [1.29, 1.82) is 0 Å². The van der Waals surface area contributed by atoms with Crippen LogP contribution in [0.1, 0.15) is 123 Å². The topological polar surface area (TPSA) is 71.1 Å². The molecule has 6 nitrogen and oxygen atoms in total. The maximum atomic E-state index is 12.9. The zero-order chi connectivity index (χ0) is 34.3. The minimum absolute atomic E-state index is 0.188. The molecule has 0 N–H and O–H groups in total. The molecule has 9 atom stereocenters. The molecular formula is C38H53I3O6. The fraction of sp³-hybridized carbons (Fsp3) is 0.737. The van der Waals surface area contributed by atoms with Gasteiger partial charge in [0.15, 0.2) is 5.75 Å². The summed E-state index contributed by atoms with van der Waals surface area (Å²) in [6, 6.07) is 1.85. The normalized spacial score (nSPS) is 32.7. The van der Waals surface area contributed by atoms with Crippen molar-refractivity contribution in [1.82, 2.24) is 0 Å². The standard InChI is InChI=1S/C38H53I3O6/c1-21(2)9-8-10-22(3)27-13-14-28-26-12-11-24-19-25(15-17-37(24,5)29(26)16-18-38(27,28)6)47-36(43)46-23(4)45-34-31(40)20-30(39)32(33(34)41)35(42)44-7/h11,20-23,25-29H,8-10,12-19H2,1-7H3/t22-,23?,25+,26?,27-,28?,29?,37+,38-/m1/s1. The Morgan fingerprint density at radius 1 is 0.957 bits per heavy atom. The van der Waals surface area contributed by atoms with Crippen LogP contribution in [0.2, 0.25) is 0 Å². The van der Waals surface area contributed by atoms with Gasteiger partial charge in [-0.15, -0.1) is 0 Å². The van der Waals surface area contributed by atoms with E-state index in [-0.39, 0.29) is 11.5 Å². The predicted octanol–water partition coefficient (Wildman–Crippen LogP) is 11.6. The van der Waals surface area contributed by atoms with E-state index >= 15 is 0 Å². The smallest absolute Gasteiger partial charge is 0.465 e. The molecule has 0 saturated heterocycles. The minimum Gasteiger partial charge on any atom is -0.465 e. The summed E-state index contributed by atoms with van der Waals surface area (Å²) in [5, 5.41) is 0. The number of carbonyl (C=O) groups excluding carboxylic acids is 2. The number of allylic oxidation sites excluding steroid dienone is 1. The largest absolute Gasteiger partial charge is 0.511 e. The number of halogens is 3. The number of fused-ring (bicyclic) bond motifs is 5. The van der Waals surface area contributed by atoms with Gasteiger partial charge in [-0.25, -0.2) is 9.59 Å². The van der Waals surface area contributed by atoms with E-state index in [1.807, 2.05) is 6.07 Å². The summed E-state index contributed by atoms with van der Waals surface area (Å²) in [5.41, 5.74) is 2.61. The lowest BCUT2D eigenvalue weighted by molar-refractivity contribution is -0.0806. The monoisotopic (exact) mass is 986 g/mol. The van der Waals surface area contributed by atoms with Crippen LogP contribution < -0.4 is 4.74 Å². The van der Waals surface area contributed by atoms with E-state index in [4.69, 9.17) is 18.9 Å². The van der Waals surface area contributed by atoms with Gasteiger partial charge in [0.05, 0.1) is 19.8 Å². The number of carbonyl (C=O) groups is 2. The minimum atomic E-state index is -0.886. The third kappa shape index (κ3) is 7.81. The Kier molecular flexibility index (Phi) is 12.5. The maximum Gasteiger partial charge on any atom is 0.511 e. The van der Waals surface area contributed by atoms with E-state index in [2.05, 4.69) is 108 Å². The summed E-state index contributed by atoms with van der Waals surface area (Å²) in [4.78, 5) is 25.3. The number of methoxy groups -OCH3 is 1. The number of ether oxygens (including phenoxy) is 4. The van der Waals surface area contributed by atoms with Gasteiger partial charge >= 0.3 is 12.1 Å². The summed E-state index contributed by atoms with van der Waals surface area (Å²) >= 11 is 6.36. The summed E-state index contributed by atoms with van der Waals surface area (Å²) in [7, 11) is 1.36. The lowest BCUT2D eigenvalue weighted by Gasteiger charge is -2.58. The van der Waals surface area contributed by atoms with Crippen LogP contribution in [0, 0.1) is 57.0 Å². The van der Waals surface area contributed by atoms with E-state index in [9.17, 15) is 9.59 Å². The molecule has 0 aromatic heterocycles. The Balaban J connectivity index is 1.18. The number of rotatable bonds is 10. The molecule has 5 rings (SSSR count). The molecule has 0 bridgehead atoms. The quantitative estimate of drug-likeness (QED) is 0.101. The van der Waals surface area contributed by atoms with Crippen molar-refractivity contribution in [3.63, 3.8) is 0 Å². The van der Waals surface area contributed by atoms with Crippen molar-refractivity contribution in [2.24, 2.45) is 46.3 Å². The van der Waals surface area contributed by atoms with Crippen LogP contribution in [-0.4, -0.2) is 31.6 Å². The first-order chi connectivity index (χ1) is 22.2. The average Bonchev–Trinajstić information content (AvgIpc) is 3.36. The molecule has 3 saturated carbocycles. The van der Waals surface area contributed by atoms with Crippen LogP contribution in [0.15, 0.2) is 17.7 Å². The highest BCUT2D eigenvalue weighted by Crippen LogP contribution is 2.67. The van der Waals surface area contributed by atoms with E-state index in [1.54, 1.807) is 6.92 Å². The summed E-state index contributed by atoms with van der Waals surface area (Å²) in [6.45, 7) is 14.1. The van der Waals surface area contributed by atoms with Gasteiger partial charge < -0.3 is 18.9 Å². The molecule has 3 fully saturated rings. The molecule has 0 heterocycles. The van der Waals surface area contributed by atoms with Crippen LogP contribution in [0.25, 0.3) is 0 Å². The number of hydrogen-bond acceptors (Lipinski definition) is 6. The predicted molar refractivity (Wildman–Crippen MR) is 210 cm³/mol. The Labute approximate surface area is 323 Å². The first-order valence-electron chi connectivity index (χ1n) is 17.7. The van der Waals surface area contributed by atoms with E-state index in [0.29, 0.717) is 20.3 Å².